The van der Waals surface area contributed by atoms with Crippen LogP contribution in [-0.2, 0) is 11.3 Å². The fourth-order valence-corrected chi connectivity index (χ4v) is 5.74. The number of nitrogens with zero attached hydrogens (tertiary/aromatic N) is 5. The molecule has 166 valence electrons. The number of hydrogen-bond acceptors (Lipinski definition) is 6. The highest BCUT2D eigenvalue weighted by Gasteiger charge is 2.29. The van der Waals surface area contributed by atoms with Gasteiger partial charge in [-0.3, -0.25) is 14.7 Å². The van der Waals surface area contributed by atoms with Crippen LogP contribution >= 0.6 is 35.1 Å². The van der Waals surface area contributed by atoms with Gasteiger partial charge < -0.3 is 4.57 Å². The van der Waals surface area contributed by atoms with Crippen LogP contribution in [0.2, 0.25) is 5.02 Å². The SMILES string of the molecule is CCCn1c(SCC(=O)N2c3ccccc3Sc3ccc(Cl)cc32)nnc1-c1ccncc1. The smallest absolute Gasteiger partial charge is 0.242 e. The number of anilines is 2. The molecule has 0 radical (unpaired) electrons. The van der Waals surface area contributed by atoms with Gasteiger partial charge >= 0.3 is 0 Å². The van der Waals surface area contributed by atoms with Gasteiger partial charge in [-0.25, -0.2) is 0 Å². The normalized spacial score (nSPS) is 12.4. The first-order valence-corrected chi connectivity index (χ1v) is 12.7. The molecule has 1 amide bonds. The van der Waals surface area contributed by atoms with E-state index in [0.717, 1.165) is 50.7 Å². The molecule has 0 saturated carbocycles. The Kier molecular flexibility index (Phi) is 6.39. The van der Waals surface area contributed by atoms with Crippen molar-refractivity contribution in [1.82, 2.24) is 19.7 Å². The minimum atomic E-state index is -0.0345. The highest BCUT2D eigenvalue weighted by Crippen LogP contribution is 2.49. The summed E-state index contributed by atoms with van der Waals surface area (Å²) in [6, 6.07) is 17.4. The summed E-state index contributed by atoms with van der Waals surface area (Å²) in [5.41, 5.74) is 2.63. The van der Waals surface area contributed by atoms with Gasteiger partial charge in [0.25, 0.3) is 0 Å². The number of thioether (sulfide) groups is 1. The van der Waals surface area contributed by atoms with Gasteiger partial charge in [0, 0.05) is 39.3 Å². The second-order valence-electron chi connectivity index (χ2n) is 7.39. The van der Waals surface area contributed by atoms with Crippen LogP contribution in [0.25, 0.3) is 11.4 Å². The van der Waals surface area contributed by atoms with Gasteiger partial charge in [0.15, 0.2) is 11.0 Å². The summed E-state index contributed by atoms with van der Waals surface area (Å²) in [7, 11) is 0. The lowest BCUT2D eigenvalue weighted by Gasteiger charge is -2.31. The summed E-state index contributed by atoms with van der Waals surface area (Å²) in [5, 5.41) is 10.1. The predicted octanol–water partition coefficient (Wildman–Crippen LogP) is 6.33. The molecule has 0 N–H and O–H groups in total. The maximum absolute atomic E-state index is 13.5. The standard InChI is InChI=1S/C24H20ClN5OS2/c1-2-13-29-23(16-9-11-26-12-10-16)27-28-24(29)32-15-22(31)30-18-5-3-4-6-20(18)33-21-8-7-17(25)14-19(21)30/h3-12,14H,2,13,15H2,1H3. The number of halogens is 1. The van der Waals surface area contributed by atoms with Crippen molar-refractivity contribution in [3.63, 3.8) is 0 Å². The number of benzene rings is 2. The maximum atomic E-state index is 13.5. The lowest BCUT2D eigenvalue weighted by molar-refractivity contribution is -0.115. The maximum Gasteiger partial charge on any atom is 0.242 e. The number of carbonyl (C=O) groups is 1. The summed E-state index contributed by atoms with van der Waals surface area (Å²) < 4.78 is 2.07. The molecule has 0 atom stereocenters. The quantitative estimate of drug-likeness (QED) is 0.293. The van der Waals surface area contributed by atoms with Crippen molar-refractivity contribution in [2.75, 3.05) is 10.7 Å². The van der Waals surface area contributed by atoms with Crippen LogP contribution in [0.4, 0.5) is 11.4 Å². The molecule has 33 heavy (non-hydrogen) atoms. The Bertz CT molecular complexity index is 1310. The summed E-state index contributed by atoms with van der Waals surface area (Å²) in [5.74, 6) is 0.974. The Morgan fingerprint density at radius 1 is 1.03 bits per heavy atom. The highest BCUT2D eigenvalue weighted by molar-refractivity contribution is 8.00. The Morgan fingerprint density at radius 2 is 1.82 bits per heavy atom. The van der Waals surface area contributed by atoms with E-state index in [-0.39, 0.29) is 11.7 Å². The molecule has 0 bridgehead atoms. The molecule has 3 heterocycles. The second-order valence-corrected chi connectivity index (χ2v) is 9.86. The Hall–Kier alpha value is -2.81. The number of aromatic nitrogens is 4. The molecule has 0 saturated heterocycles. The van der Waals surface area contributed by atoms with E-state index in [1.807, 2.05) is 54.6 Å². The third-order valence-electron chi connectivity index (χ3n) is 5.16. The number of fused-ring (bicyclic) bond motifs is 2. The van der Waals surface area contributed by atoms with E-state index in [1.54, 1.807) is 29.1 Å². The van der Waals surface area contributed by atoms with Crippen molar-refractivity contribution in [3.05, 3.63) is 72.0 Å². The Morgan fingerprint density at radius 3 is 2.64 bits per heavy atom. The average molecular weight is 494 g/mol. The molecule has 2 aromatic carbocycles. The molecule has 0 unspecified atom stereocenters. The summed E-state index contributed by atoms with van der Waals surface area (Å²) >= 11 is 9.33. The fourth-order valence-electron chi connectivity index (χ4n) is 3.72. The molecule has 0 aliphatic carbocycles. The molecule has 5 rings (SSSR count). The van der Waals surface area contributed by atoms with E-state index in [4.69, 9.17) is 11.6 Å². The van der Waals surface area contributed by atoms with Crippen LogP contribution in [0.1, 0.15) is 13.3 Å². The number of para-hydroxylation sites is 1. The van der Waals surface area contributed by atoms with E-state index >= 15 is 0 Å². The fraction of sp³-hybridized carbons (Fsp3) is 0.167. The number of amides is 1. The van der Waals surface area contributed by atoms with Gasteiger partial charge in [-0.15, -0.1) is 10.2 Å². The van der Waals surface area contributed by atoms with Gasteiger partial charge in [0.05, 0.1) is 17.1 Å². The van der Waals surface area contributed by atoms with Crippen molar-refractivity contribution in [2.24, 2.45) is 0 Å². The van der Waals surface area contributed by atoms with E-state index in [2.05, 4.69) is 26.7 Å². The van der Waals surface area contributed by atoms with Gasteiger partial charge in [-0.2, -0.15) is 0 Å². The number of carbonyl (C=O) groups excluding carboxylic acids is 1. The van der Waals surface area contributed by atoms with E-state index < -0.39 is 0 Å². The van der Waals surface area contributed by atoms with E-state index in [9.17, 15) is 4.79 Å². The number of pyridine rings is 1. The largest absolute Gasteiger partial charge is 0.302 e. The third-order valence-corrected chi connectivity index (χ3v) is 7.48. The molecular formula is C24H20ClN5OS2. The lowest BCUT2D eigenvalue weighted by Crippen LogP contribution is -2.30. The minimum Gasteiger partial charge on any atom is -0.302 e. The van der Waals surface area contributed by atoms with E-state index in [1.165, 1.54) is 11.8 Å². The van der Waals surface area contributed by atoms with Crippen molar-refractivity contribution in [2.45, 2.75) is 34.8 Å². The first-order valence-electron chi connectivity index (χ1n) is 10.5. The zero-order chi connectivity index (χ0) is 22.8. The van der Waals surface area contributed by atoms with Gasteiger partial charge in [-0.1, -0.05) is 54.2 Å². The number of rotatable bonds is 6. The van der Waals surface area contributed by atoms with Crippen LogP contribution in [0.5, 0.6) is 0 Å². The van der Waals surface area contributed by atoms with Crippen molar-refractivity contribution in [1.29, 1.82) is 0 Å². The average Bonchev–Trinajstić information content (AvgIpc) is 3.24. The van der Waals surface area contributed by atoms with Crippen LogP contribution in [0.15, 0.2) is 81.9 Å². The molecule has 0 fully saturated rings. The first kappa shape index (κ1) is 22.0. The molecule has 4 aromatic rings. The highest BCUT2D eigenvalue weighted by atomic mass is 35.5. The molecule has 9 heteroatoms. The Balaban J connectivity index is 1.44. The summed E-state index contributed by atoms with van der Waals surface area (Å²) in [6.45, 7) is 2.88. The molecule has 0 spiro atoms. The van der Waals surface area contributed by atoms with Crippen molar-refractivity contribution >= 4 is 52.4 Å². The van der Waals surface area contributed by atoms with Crippen LogP contribution in [-0.4, -0.2) is 31.4 Å². The van der Waals surface area contributed by atoms with Crippen molar-refractivity contribution < 1.29 is 4.79 Å². The second kappa shape index (κ2) is 9.59. The monoisotopic (exact) mass is 493 g/mol. The van der Waals surface area contributed by atoms with Crippen LogP contribution < -0.4 is 4.90 Å². The first-order chi connectivity index (χ1) is 16.2. The molecule has 6 nitrogen and oxygen atoms in total. The molecule has 1 aliphatic rings. The van der Waals surface area contributed by atoms with E-state index in [0.29, 0.717) is 5.02 Å². The zero-order valence-electron chi connectivity index (χ0n) is 17.8. The van der Waals surface area contributed by atoms with Crippen LogP contribution in [0.3, 0.4) is 0 Å². The Labute approximate surface area is 205 Å². The topological polar surface area (TPSA) is 63.9 Å². The lowest BCUT2D eigenvalue weighted by atomic mass is 10.2. The molecule has 2 aromatic heterocycles. The summed E-state index contributed by atoms with van der Waals surface area (Å²) in [6.07, 6.45) is 4.41. The third kappa shape index (κ3) is 4.38. The molecule has 1 aliphatic heterocycles. The van der Waals surface area contributed by atoms with Crippen molar-refractivity contribution in [3.8, 4) is 11.4 Å². The van der Waals surface area contributed by atoms with Gasteiger partial charge in [0.1, 0.15) is 0 Å². The zero-order valence-corrected chi connectivity index (χ0v) is 20.2. The van der Waals surface area contributed by atoms with Crippen LogP contribution in [0, 0.1) is 0 Å². The van der Waals surface area contributed by atoms with Gasteiger partial charge in [-0.05, 0) is 48.9 Å². The number of hydrogen-bond donors (Lipinski definition) is 0. The van der Waals surface area contributed by atoms with Gasteiger partial charge in [0.2, 0.25) is 5.91 Å². The minimum absolute atomic E-state index is 0.0345. The molecular weight excluding hydrogens is 474 g/mol. The summed E-state index contributed by atoms with van der Waals surface area (Å²) in [4.78, 5) is 21.4. The predicted molar refractivity (Wildman–Crippen MR) is 133 cm³/mol.